The zero-order valence-corrected chi connectivity index (χ0v) is 10.5. The summed E-state index contributed by atoms with van der Waals surface area (Å²) in [6.45, 7) is 9.35. The molecule has 1 heteroatoms. The Morgan fingerprint density at radius 2 is 1.36 bits per heavy atom. The van der Waals surface area contributed by atoms with Crippen LogP contribution in [0.2, 0.25) is 0 Å². The third kappa shape index (κ3) is 13.7. The molecule has 1 rings (SSSR count). The van der Waals surface area contributed by atoms with E-state index >= 15 is 0 Å². The van der Waals surface area contributed by atoms with E-state index in [9.17, 15) is 0 Å². The maximum absolute atomic E-state index is 2.12. The van der Waals surface area contributed by atoms with E-state index in [-0.39, 0.29) is 0 Å². The second-order valence-corrected chi connectivity index (χ2v) is 3.05. The molecule has 0 aliphatic heterocycles. The predicted molar refractivity (Wildman–Crippen MR) is 66.8 cm³/mol. The van der Waals surface area contributed by atoms with Gasteiger partial charge in [0.1, 0.15) is 0 Å². The minimum Gasteiger partial charge on any atom is -0.310 e. The fourth-order valence-corrected chi connectivity index (χ4v) is 0.534. The molecular formula is C13H25N. The number of hydrogen-bond acceptors (Lipinski definition) is 1. The Morgan fingerprint density at radius 3 is 1.50 bits per heavy atom. The number of hydrogen-bond donors (Lipinski definition) is 0. The van der Waals surface area contributed by atoms with Gasteiger partial charge in [-0.25, -0.2) is 0 Å². The van der Waals surface area contributed by atoms with Gasteiger partial charge in [-0.1, -0.05) is 56.7 Å². The molecule has 0 amide bonds. The molecule has 0 saturated heterocycles. The van der Waals surface area contributed by atoms with Crippen LogP contribution in [0, 0.1) is 6.92 Å². The molecule has 0 N–H and O–H groups in total. The molecule has 0 heterocycles. The van der Waals surface area contributed by atoms with Gasteiger partial charge in [0.25, 0.3) is 0 Å². The molecule has 0 aliphatic carbocycles. The van der Waals surface area contributed by atoms with Crippen molar-refractivity contribution in [1.29, 1.82) is 0 Å². The Bertz CT molecular complexity index is 180. The minimum absolute atomic E-state index is 1.14. The highest BCUT2D eigenvalue weighted by Crippen LogP contribution is 1.92. The summed E-state index contributed by atoms with van der Waals surface area (Å²) in [5, 5.41) is 0. The van der Waals surface area contributed by atoms with Crippen molar-refractivity contribution in [3.63, 3.8) is 0 Å². The molecule has 0 aromatic heterocycles. The maximum atomic E-state index is 2.12. The molecule has 14 heavy (non-hydrogen) atoms. The molecule has 0 bridgehead atoms. The first-order chi connectivity index (χ1) is 6.66. The topological polar surface area (TPSA) is 3.24 Å². The van der Waals surface area contributed by atoms with Crippen molar-refractivity contribution in [1.82, 2.24) is 4.90 Å². The molecular weight excluding hydrogens is 170 g/mol. The van der Waals surface area contributed by atoms with Crippen molar-refractivity contribution < 1.29 is 0 Å². The first-order valence-corrected chi connectivity index (χ1v) is 5.33. The van der Waals surface area contributed by atoms with Gasteiger partial charge in [0.05, 0.1) is 0 Å². The van der Waals surface area contributed by atoms with E-state index in [0.29, 0.717) is 0 Å². The monoisotopic (exact) mass is 195 g/mol. The van der Waals surface area contributed by atoms with Crippen molar-refractivity contribution in [2.75, 3.05) is 20.6 Å². The largest absolute Gasteiger partial charge is 0.310 e. The van der Waals surface area contributed by atoms with Gasteiger partial charge < -0.3 is 4.90 Å². The average molecular weight is 195 g/mol. The third-order valence-electron chi connectivity index (χ3n) is 1.57. The highest BCUT2D eigenvalue weighted by molar-refractivity contribution is 5.11. The van der Waals surface area contributed by atoms with Crippen LogP contribution in [0.15, 0.2) is 30.3 Å². The fourth-order valence-electron chi connectivity index (χ4n) is 0.534. The van der Waals surface area contributed by atoms with Gasteiger partial charge >= 0.3 is 0 Å². The molecule has 0 unspecified atom stereocenters. The van der Waals surface area contributed by atoms with Gasteiger partial charge in [-0.05, 0) is 27.6 Å². The third-order valence-corrected chi connectivity index (χ3v) is 1.57. The summed E-state index contributed by atoms with van der Waals surface area (Å²) in [5.74, 6) is 0. The Balaban J connectivity index is 0. The van der Waals surface area contributed by atoms with Gasteiger partial charge in [0.15, 0.2) is 0 Å². The molecule has 0 radical (unpaired) electrons. The van der Waals surface area contributed by atoms with Gasteiger partial charge in [-0.15, -0.1) is 0 Å². The zero-order valence-electron chi connectivity index (χ0n) is 10.5. The summed E-state index contributed by atoms with van der Waals surface area (Å²) in [6, 6.07) is 10.3. The number of rotatable bonds is 1. The summed E-state index contributed by atoms with van der Waals surface area (Å²) < 4.78 is 0. The second-order valence-electron chi connectivity index (χ2n) is 3.05. The molecule has 0 saturated carbocycles. The molecule has 0 atom stereocenters. The molecule has 1 aromatic rings. The molecule has 0 aliphatic rings. The van der Waals surface area contributed by atoms with Crippen LogP contribution >= 0.6 is 0 Å². The summed E-state index contributed by atoms with van der Waals surface area (Å²) in [6.07, 6.45) is 0. The van der Waals surface area contributed by atoms with Crippen molar-refractivity contribution in [2.45, 2.75) is 27.7 Å². The summed E-state index contributed by atoms with van der Waals surface area (Å²) in [7, 11) is 4.11. The first-order valence-electron chi connectivity index (χ1n) is 5.33. The molecule has 0 fully saturated rings. The van der Waals surface area contributed by atoms with Crippen LogP contribution in [0.25, 0.3) is 0 Å². The Morgan fingerprint density at radius 1 is 1.00 bits per heavy atom. The predicted octanol–water partition coefficient (Wildman–Crippen LogP) is 3.59. The lowest BCUT2D eigenvalue weighted by Gasteiger charge is -2.00. The summed E-state index contributed by atoms with van der Waals surface area (Å²) in [4.78, 5) is 2.12. The van der Waals surface area contributed by atoms with E-state index in [4.69, 9.17) is 0 Å². The van der Waals surface area contributed by atoms with E-state index < -0.39 is 0 Å². The van der Waals surface area contributed by atoms with Crippen LogP contribution < -0.4 is 0 Å². The van der Waals surface area contributed by atoms with E-state index in [2.05, 4.69) is 45.0 Å². The lowest BCUT2D eigenvalue weighted by molar-refractivity contribution is 0.434. The number of nitrogens with zero attached hydrogens (tertiary/aromatic N) is 1. The molecule has 82 valence electrons. The summed E-state index contributed by atoms with van der Waals surface area (Å²) >= 11 is 0. The smallest absolute Gasteiger partial charge is 0.00533 e. The number of aryl methyl sites for hydroxylation is 1. The Labute approximate surface area is 89.8 Å². The normalized spacial score (nSPS) is 8.21. The molecule has 0 spiro atoms. The van der Waals surface area contributed by atoms with Gasteiger partial charge in [0.2, 0.25) is 0 Å². The van der Waals surface area contributed by atoms with Crippen LogP contribution in [0.3, 0.4) is 0 Å². The van der Waals surface area contributed by atoms with Gasteiger partial charge in [-0.2, -0.15) is 0 Å². The lowest BCUT2D eigenvalue weighted by atomic mass is 10.2. The Hall–Kier alpha value is -0.820. The van der Waals surface area contributed by atoms with Crippen molar-refractivity contribution in [3.05, 3.63) is 35.9 Å². The van der Waals surface area contributed by atoms with Crippen LogP contribution in [-0.4, -0.2) is 25.5 Å². The van der Waals surface area contributed by atoms with Gasteiger partial charge in [-0.3, -0.25) is 0 Å². The van der Waals surface area contributed by atoms with Crippen molar-refractivity contribution >= 4 is 0 Å². The fraction of sp³-hybridized carbons (Fsp3) is 0.538. The van der Waals surface area contributed by atoms with Crippen LogP contribution in [0.1, 0.15) is 26.3 Å². The van der Waals surface area contributed by atoms with E-state index in [1.165, 1.54) is 5.56 Å². The van der Waals surface area contributed by atoms with E-state index in [1.54, 1.807) is 0 Å². The first kappa shape index (κ1) is 15.6. The van der Waals surface area contributed by atoms with Crippen LogP contribution in [0.5, 0.6) is 0 Å². The molecule has 1 aromatic carbocycles. The second kappa shape index (κ2) is 12.2. The summed E-state index contributed by atoms with van der Waals surface area (Å²) in [5.41, 5.74) is 1.32. The van der Waals surface area contributed by atoms with Crippen LogP contribution in [-0.2, 0) is 0 Å². The van der Waals surface area contributed by atoms with Crippen molar-refractivity contribution in [3.8, 4) is 0 Å². The van der Waals surface area contributed by atoms with Gasteiger partial charge in [0, 0.05) is 0 Å². The average Bonchev–Trinajstić information content (AvgIpc) is 2.23. The number of benzene rings is 1. The quantitative estimate of drug-likeness (QED) is 0.662. The highest BCUT2D eigenvalue weighted by Gasteiger charge is 1.72. The SMILES string of the molecule is CC.CCN(C)C.Cc1ccccc1. The highest BCUT2D eigenvalue weighted by atomic mass is 15.0. The van der Waals surface area contributed by atoms with Crippen LogP contribution in [0.4, 0.5) is 0 Å². The van der Waals surface area contributed by atoms with Crippen molar-refractivity contribution in [2.24, 2.45) is 0 Å². The zero-order chi connectivity index (χ0) is 11.4. The van der Waals surface area contributed by atoms with E-state index in [1.807, 2.05) is 32.0 Å². The maximum Gasteiger partial charge on any atom is -0.00533 e. The van der Waals surface area contributed by atoms with E-state index in [0.717, 1.165) is 6.54 Å². The minimum atomic E-state index is 1.14. The lowest BCUT2D eigenvalue weighted by Crippen LogP contribution is -2.08. The Kier molecular flexibility index (Phi) is 13.6. The standard InChI is InChI=1S/C7H8.C4H11N.C2H6/c1-7-5-3-2-4-6-7;1-4-5(2)3;1-2/h2-6H,1H3;4H2,1-3H3;1-2H3. The molecule has 1 nitrogen and oxygen atoms in total.